The Balaban J connectivity index is 1.48. The predicted octanol–water partition coefficient (Wildman–Crippen LogP) is 10.3. The van der Waals surface area contributed by atoms with Crippen LogP contribution in [-0.2, 0) is 0 Å². The molecule has 218 valence electrons. The molecule has 0 bridgehead atoms. The molecule has 0 saturated heterocycles. The predicted molar refractivity (Wildman–Crippen MR) is 187 cm³/mol. The first-order valence-electron chi connectivity index (χ1n) is 15.1. The zero-order valence-electron chi connectivity index (χ0n) is 26.3. The van der Waals surface area contributed by atoms with Crippen LogP contribution in [0.1, 0.15) is 36.1 Å². The Labute approximate surface area is 260 Å². The van der Waals surface area contributed by atoms with Crippen LogP contribution in [0.25, 0.3) is 45.0 Å². The van der Waals surface area contributed by atoms with Crippen molar-refractivity contribution in [3.05, 3.63) is 144 Å². The Morgan fingerprint density at radius 3 is 0.750 bits per heavy atom. The summed E-state index contributed by atoms with van der Waals surface area (Å²) in [6.45, 7) is 12.5. The van der Waals surface area contributed by atoms with Gasteiger partial charge in [-0.1, -0.05) is 119 Å². The van der Waals surface area contributed by atoms with Gasteiger partial charge in [-0.15, -0.1) is 0 Å². The van der Waals surface area contributed by atoms with E-state index in [-0.39, 0.29) is 0 Å². The van der Waals surface area contributed by atoms with Crippen LogP contribution in [-0.4, -0.2) is 20.8 Å². The summed E-state index contributed by atoms with van der Waals surface area (Å²) in [5.41, 5.74) is 15.2. The summed E-state index contributed by atoms with van der Waals surface area (Å²) >= 11 is 0. The number of rotatable bonds is 7. The molecule has 4 heteroatoms. The number of hydrogen-bond acceptors (Lipinski definition) is 2. The Kier molecular flexibility index (Phi) is 7.99. The van der Waals surface area contributed by atoms with Crippen molar-refractivity contribution in [3.63, 3.8) is 0 Å². The normalized spacial score (nSPS) is 12.1. The third-order valence-electron chi connectivity index (χ3n) is 8.12. The highest BCUT2D eigenvalue weighted by Gasteiger charge is 2.15. The number of benzene rings is 4. The van der Waals surface area contributed by atoms with Gasteiger partial charge < -0.3 is 0 Å². The highest BCUT2D eigenvalue weighted by molar-refractivity contribution is 6.40. The van der Waals surface area contributed by atoms with Crippen molar-refractivity contribution in [3.8, 4) is 45.0 Å². The molecule has 0 N–H and O–H groups in total. The van der Waals surface area contributed by atoms with E-state index in [0.29, 0.717) is 0 Å². The molecule has 0 aliphatic heterocycles. The Morgan fingerprint density at radius 1 is 0.341 bits per heavy atom. The van der Waals surface area contributed by atoms with E-state index >= 15 is 0 Å². The third kappa shape index (κ3) is 5.97. The largest absolute Gasteiger partial charge is 0.232 e. The van der Waals surface area contributed by atoms with E-state index < -0.39 is 0 Å². The molecule has 44 heavy (non-hydrogen) atoms. The molecule has 4 nitrogen and oxygen atoms in total. The quantitative estimate of drug-likeness (QED) is 0.170. The number of aryl methyl sites for hydroxylation is 4. The van der Waals surface area contributed by atoms with Crippen LogP contribution < -0.4 is 0 Å². The molecule has 4 aromatic carbocycles. The lowest BCUT2D eigenvalue weighted by molar-refractivity contribution is 0.894. The molecule has 6 rings (SSSR count). The monoisotopic (exact) mass is 574 g/mol. The van der Waals surface area contributed by atoms with Crippen molar-refractivity contribution in [1.82, 2.24) is 9.35 Å². The first kappa shape index (κ1) is 28.9. The molecule has 0 unspecified atom stereocenters. The molecule has 0 aliphatic carbocycles. The van der Waals surface area contributed by atoms with Gasteiger partial charge in [0, 0.05) is 22.3 Å². The molecule has 6 aromatic rings. The zero-order valence-corrected chi connectivity index (χ0v) is 26.3. The second-order valence-electron chi connectivity index (χ2n) is 11.7. The fourth-order valence-electron chi connectivity index (χ4n) is 5.29. The molecule has 0 atom stereocenters. The fraction of sp³-hybridized carbons (Fsp3) is 0.150. The van der Waals surface area contributed by atoms with Crippen LogP contribution in [0, 0.1) is 27.7 Å². The fourth-order valence-corrected chi connectivity index (χ4v) is 5.29. The van der Waals surface area contributed by atoms with Gasteiger partial charge in [0.05, 0.1) is 34.2 Å². The van der Waals surface area contributed by atoms with Crippen molar-refractivity contribution in [1.29, 1.82) is 0 Å². The van der Waals surface area contributed by atoms with Crippen molar-refractivity contribution in [2.24, 2.45) is 10.2 Å². The standard InChI is InChI=1S/C40H38N4/c1-27-7-15-33(16-8-27)37-23-24-38(34-17-9-28(2)10-18-34)43(37)41-31(5)32(6)42-44-39(35-19-11-29(3)12-20-35)25-26-40(44)36-21-13-30(4)14-22-36/h7-26H,1-6H3/b41-31+,42-32+. The number of hydrogen-bond donors (Lipinski definition) is 0. The van der Waals surface area contributed by atoms with E-state index in [1.807, 2.05) is 13.8 Å². The molecular formula is C40H38N4. The SMILES string of the molecule is CC(=N\n1c(-c2ccc(C)cc2)ccc1-c1ccc(C)cc1)/C(C)=N/n1c(-c2ccc(C)cc2)ccc1-c1ccc(C)cc1. The second kappa shape index (κ2) is 12.2. The van der Waals surface area contributed by atoms with Crippen LogP contribution in [0.15, 0.2) is 132 Å². The Bertz CT molecular complexity index is 1690. The van der Waals surface area contributed by atoms with Gasteiger partial charge in [-0.25, -0.2) is 9.35 Å². The average molecular weight is 575 g/mol. The van der Waals surface area contributed by atoms with Gasteiger partial charge in [0.15, 0.2) is 0 Å². The van der Waals surface area contributed by atoms with E-state index in [1.165, 1.54) is 22.3 Å². The molecule has 2 heterocycles. The van der Waals surface area contributed by atoms with Gasteiger partial charge in [-0.3, -0.25) is 0 Å². The summed E-state index contributed by atoms with van der Waals surface area (Å²) in [5, 5.41) is 10.4. The summed E-state index contributed by atoms with van der Waals surface area (Å²) in [4.78, 5) is 0. The molecule has 2 aromatic heterocycles. The summed E-state index contributed by atoms with van der Waals surface area (Å²) in [7, 11) is 0. The minimum absolute atomic E-state index is 0.835. The lowest BCUT2D eigenvalue weighted by Crippen LogP contribution is -2.12. The van der Waals surface area contributed by atoms with Crippen molar-refractivity contribution >= 4 is 11.4 Å². The minimum Gasteiger partial charge on any atom is -0.232 e. The molecular weight excluding hydrogens is 536 g/mol. The summed E-state index contributed by atoms with van der Waals surface area (Å²) in [5.74, 6) is 0. The van der Waals surface area contributed by atoms with Gasteiger partial charge in [-0.05, 0) is 65.8 Å². The highest BCUT2D eigenvalue weighted by Crippen LogP contribution is 2.31. The van der Waals surface area contributed by atoms with Gasteiger partial charge in [0.1, 0.15) is 0 Å². The summed E-state index contributed by atoms with van der Waals surface area (Å²) in [6.07, 6.45) is 0. The van der Waals surface area contributed by atoms with Crippen LogP contribution in [0.3, 0.4) is 0 Å². The smallest absolute Gasteiger partial charge is 0.0812 e. The summed E-state index contributed by atoms with van der Waals surface area (Å²) in [6, 6.07) is 43.1. The van der Waals surface area contributed by atoms with Gasteiger partial charge >= 0.3 is 0 Å². The summed E-state index contributed by atoms with van der Waals surface area (Å²) < 4.78 is 4.11. The van der Waals surface area contributed by atoms with E-state index in [0.717, 1.165) is 56.5 Å². The van der Waals surface area contributed by atoms with Gasteiger partial charge in [0.2, 0.25) is 0 Å². The Hall–Kier alpha value is -5.22. The van der Waals surface area contributed by atoms with Gasteiger partial charge in [0.25, 0.3) is 0 Å². The molecule has 0 fully saturated rings. The number of aromatic nitrogens is 2. The van der Waals surface area contributed by atoms with E-state index in [9.17, 15) is 0 Å². The lowest BCUT2D eigenvalue weighted by atomic mass is 10.1. The van der Waals surface area contributed by atoms with Crippen molar-refractivity contribution in [2.75, 3.05) is 0 Å². The molecule has 0 spiro atoms. The van der Waals surface area contributed by atoms with E-state index in [2.05, 4.69) is 158 Å². The maximum Gasteiger partial charge on any atom is 0.0812 e. The third-order valence-corrected chi connectivity index (χ3v) is 8.12. The lowest BCUT2D eigenvalue weighted by Gasteiger charge is -2.13. The van der Waals surface area contributed by atoms with Gasteiger partial charge in [-0.2, -0.15) is 10.2 Å². The first-order valence-corrected chi connectivity index (χ1v) is 15.1. The van der Waals surface area contributed by atoms with E-state index in [1.54, 1.807) is 0 Å². The molecule has 0 amide bonds. The average Bonchev–Trinajstić information content (AvgIpc) is 3.63. The maximum absolute atomic E-state index is 5.21. The highest BCUT2D eigenvalue weighted by atomic mass is 15.4. The Morgan fingerprint density at radius 2 is 0.545 bits per heavy atom. The van der Waals surface area contributed by atoms with Crippen LogP contribution in [0.4, 0.5) is 0 Å². The second-order valence-corrected chi connectivity index (χ2v) is 11.7. The molecule has 0 saturated carbocycles. The first-order chi connectivity index (χ1) is 21.3. The maximum atomic E-state index is 5.21. The van der Waals surface area contributed by atoms with Crippen LogP contribution in [0.5, 0.6) is 0 Å². The molecule has 0 radical (unpaired) electrons. The number of nitrogens with zero attached hydrogens (tertiary/aromatic N) is 4. The van der Waals surface area contributed by atoms with Crippen LogP contribution >= 0.6 is 0 Å². The molecule has 0 aliphatic rings. The topological polar surface area (TPSA) is 34.6 Å². The van der Waals surface area contributed by atoms with Crippen molar-refractivity contribution < 1.29 is 0 Å². The zero-order chi connectivity index (χ0) is 30.8. The van der Waals surface area contributed by atoms with Crippen molar-refractivity contribution in [2.45, 2.75) is 41.5 Å². The van der Waals surface area contributed by atoms with Crippen LogP contribution in [0.2, 0.25) is 0 Å². The minimum atomic E-state index is 0.835. The van der Waals surface area contributed by atoms with E-state index in [4.69, 9.17) is 10.2 Å².